The van der Waals surface area contributed by atoms with Crippen LogP contribution in [0.4, 0.5) is 11.8 Å². The zero-order valence-electron chi connectivity index (χ0n) is 22.8. The van der Waals surface area contributed by atoms with Crippen LogP contribution in [0, 0.1) is 18.3 Å². The Kier molecular flexibility index (Phi) is 10.6. The third kappa shape index (κ3) is 8.61. The van der Waals surface area contributed by atoms with Gasteiger partial charge in [-0.05, 0) is 75.8 Å². The fourth-order valence-electron chi connectivity index (χ4n) is 4.58. The molecule has 210 valence electrons. The maximum absolute atomic E-state index is 12.0. The van der Waals surface area contributed by atoms with E-state index in [0.29, 0.717) is 31.7 Å². The van der Waals surface area contributed by atoms with Gasteiger partial charge in [-0.1, -0.05) is 6.07 Å². The van der Waals surface area contributed by atoms with Crippen LogP contribution in [0.25, 0.3) is 0 Å². The van der Waals surface area contributed by atoms with E-state index in [-0.39, 0.29) is 5.95 Å². The zero-order chi connectivity index (χ0) is 28.2. The Balaban J connectivity index is 1.31. The summed E-state index contributed by atoms with van der Waals surface area (Å²) in [5.41, 5.74) is 3.53. The summed E-state index contributed by atoms with van der Waals surface area (Å²) in [6, 6.07) is 9.14. The predicted octanol–water partition coefficient (Wildman–Crippen LogP) is 3.46. The van der Waals surface area contributed by atoms with E-state index < -0.39 is 12.0 Å². The third-order valence-corrected chi connectivity index (χ3v) is 6.85. The first-order valence-electron chi connectivity index (χ1n) is 13.7. The summed E-state index contributed by atoms with van der Waals surface area (Å²) in [4.78, 5) is 31.4. The molecule has 11 heteroatoms. The number of pyridine rings is 2. The van der Waals surface area contributed by atoms with Gasteiger partial charge in [0.1, 0.15) is 30.3 Å². The highest BCUT2D eigenvalue weighted by molar-refractivity contribution is 5.76. The maximum Gasteiger partial charge on any atom is 0.326 e. The number of hydrogen-bond donors (Lipinski definition) is 3. The fourth-order valence-corrected chi connectivity index (χ4v) is 4.58. The summed E-state index contributed by atoms with van der Waals surface area (Å²) in [6.07, 6.45) is 9.86. The van der Waals surface area contributed by atoms with Crippen LogP contribution in [0.5, 0.6) is 5.75 Å². The van der Waals surface area contributed by atoms with Crippen molar-refractivity contribution in [3.05, 3.63) is 65.4 Å². The molecule has 3 aromatic heterocycles. The monoisotopic (exact) mass is 544 g/mol. The number of carboxylic acid groups (broad SMARTS) is 1. The number of nitrogens with zero attached hydrogens (tertiary/aromatic N) is 6. The van der Waals surface area contributed by atoms with Gasteiger partial charge in [0, 0.05) is 31.5 Å². The van der Waals surface area contributed by atoms with E-state index in [9.17, 15) is 9.90 Å². The van der Waals surface area contributed by atoms with Gasteiger partial charge in [-0.25, -0.2) is 19.7 Å². The van der Waals surface area contributed by atoms with E-state index in [4.69, 9.17) is 15.0 Å². The van der Waals surface area contributed by atoms with Crippen molar-refractivity contribution in [3.8, 4) is 11.8 Å². The van der Waals surface area contributed by atoms with Crippen molar-refractivity contribution < 1.29 is 14.6 Å². The number of aliphatic carboxylic acids is 1. The van der Waals surface area contributed by atoms with Gasteiger partial charge in [-0.15, -0.1) is 0 Å². The molecular weight excluding hydrogens is 508 g/mol. The van der Waals surface area contributed by atoms with Gasteiger partial charge in [-0.3, -0.25) is 9.88 Å². The highest BCUT2D eigenvalue weighted by Gasteiger charge is 2.20. The number of rotatable bonds is 15. The van der Waals surface area contributed by atoms with Crippen molar-refractivity contribution in [1.82, 2.24) is 24.8 Å². The van der Waals surface area contributed by atoms with Crippen molar-refractivity contribution in [2.24, 2.45) is 0 Å². The SMILES string of the molecule is Cc1ncccc1OCCN(CCCCc1ccc2c(n1)NCCC2)CC[C@H](Nc1ncc(C#N)cn1)C(=O)O. The van der Waals surface area contributed by atoms with Crippen LogP contribution in [-0.2, 0) is 17.6 Å². The average Bonchev–Trinajstić information content (AvgIpc) is 2.98. The molecule has 0 saturated heterocycles. The number of unbranched alkanes of at least 4 members (excludes halogenated alkanes) is 1. The summed E-state index contributed by atoms with van der Waals surface area (Å²) < 4.78 is 5.97. The van der Waals surface area contributed by atoms with E-state index in [0.717, 1.165) is 68.1 Å². The molecule has 0 aromatic carbocycles. The standard InChI is InChI=1S/C29H36N8O3/c1-21-26(8-5-12-31-21)40-17-16-37(14-3-2-7-24-10-9-23-6-4-13-32-27(23)35-24)15-11-25(28(38)39)36-29-33-19-22(18-30)20-34-29/h5,8-10,12,19-20,25H,2-4,6-7,11,13-17H2,1H3,(H,32,35)(H,38,39)(H,33,34,36)/t25-/m0/s1. The maximum atomic E-state index is 12.0. The van der Waals surface area contributed by atoms with E-state index in [1.54, 1.807) is 6.20 Å². The Morgan fingerprint density at radius 1 is 1.20 bits per heavy atom. The molecule has 0 unspecified atom stereocenters. The fraction of sp³-hybridized carbons (Fsp3) is 0.448. The lowest BCUT2D eigenvalue weighted by atomic mass is 10.1. The Morgan fingerprint density at radius 2 is 2.05 bits per heavy atom. The van der Waals surface area contributed by atoms with Crippen molar-refractivity contribution >= 4 is 17.7 Å². The molecule has 0 fully saturated rings. The minimum Gasteiger partial charge on any atom is -0.490 e. The molecule has 1 aliphatic heterocycles. The molecule has 0 spiro atoms. The third-order valence-electron chi connectivity index (χ3n) is 6.85. The second kappa shape index (κ2) is 14.7. The lowest BCUT2D eigenvalue weighted by Crippen LogP contribution is -2.37. The molecule has 0 radical (unpaired) electrons. The number of nitrogens with one attached hydrogen (secondary N) is 2. The summed E-state index contributed by atoms with van der Waals surface area (Å²) >= 11 is 0. The molecule has 11 nitrogen and oxygen atoms in total. The number of aromatic nitrogens is 4. The Morgan fingerprint density at radius 3 is 2.83 bits per heavy atom. The van der Waals surface area contributed by atoms with Crippen molar-refractivity contribution in [3.63, 3.8) is 0 Å². The minimum absolute atomic E-state index is 0.181. The number of nitriles is 1. The normalized spacial score (nSPS) is 13.1. The summed E-state index contributed by atoms with van der Waals surface area (Å²) in [5.74, 6) is 0.965. The zero-order valence-corrected chi connectivity index (χ0v) is 22.8. The molecule has 3 aromatic rings. The average molecular weight is 545 g/mol. The molecule has 1 aliphatic rings. The first-order chi connectivity index (χ1) is 19.5. The number of anilines is 2. The van der Waals surface area contributed by atoms with Crippen LogP contribution in [0.15, 0.2) is 42.9 Å². The largest absolute Gasteiger partial charge is 0.490 e. The van der Waals surface area contributed by atoms with Gasteiger partial charge in [-0.2, -0.15) is 5.26 Å². The van der Waals surface area contributed by atoms with E-state index in [1.807, 2.05) is 25.1 Å². The Labute approximate surface area is 234 Å². The predicted molar refractivity (Wildman–Crippen MR) is 151 cm³/mol. The number of fused-ring (bicyclic) bond motifs is 1. The molecule has 0 amide bonds. The number of hydrogen-bond acceptors (Lipinski definition) is 10. The van der Waals surface area contributed by atoms with E-state index in [2.05, 4.69) is 42.6 Å². The van der Waals surface area contributed by atoms with Gasteiger partial charge in [0.05, 0.1) is 23.7 Å². The topological polar surface area (TPSA) is 149 Å². The molecule has 3 N–H and O–H groups in total. The quantitative estimate of drug-likeness (QED) is 0.241. The highest BCUT2D eigenvalue weighted by Crippen LogP contribution is 2.20. The number of ether oxygens (including phenoxy) is 1. The summed E-state index contributed by atoms with van der Waals surface area (Å²) in [6.45, 7) is 5.35. The Bertz CT molecular complexity index is 1300. The summed E-state index contributed by atoms with van der Waals surface area (Å²) in [5, 5.41) is 25.0. The van der Waals surface area contributed by atoms with Crippen molar-refractivity contribution in [2.75, 3.05) is 43.4 Å². The first kappa shape index (κ1) is 28.7. The van der Waals surface area contributed by atoms with Crippen LogP contribution >= 0.6 is 0 Å². The number of carboxylic acids is 1. The van der Waals surface area contributed by atoms with E-state index >= 15 is 0 Å². The van der Waals surface area contributed by atoms with Gasteiger partial charge in [0.2, 0.25) is 5.95 Å². The Hall–Kier alpha value is -4.30. The lowest BCUT2D eigenvalue weighted by Gasteiger charge is -2.24. The van der Waals surface area contributed by atoms with Gasteiger partial charge < -0.3 is 20.5 Å². The summed E-state index contributed by atoms with van der Waals surface area (Å²) in [7, 11) is 0. The van der Waals surface area contributed by atoms with Gasteiger partial charge >= 0.3 is 5.97 Å². The second-order valence-corrected chi connectivity index (χ2v) is 9.81. The van der Waals surface area contributed by atoms with Crippen LogP contribution in [-0.4, -0.2) is 74.7 Å². The first-order valence-corrected chi connectivity index (χ1v) is 13.7. The van der Waals surface area contributed by atoms with Crippen LogP contribution < -0.4 is 15.4 Å². The van der Waals surface area contributed by atoms with Gasteiger partial charge in [0.15, 0.2) is 0 Å². The molecule has 40 heavy (non-hydrogen) atoms. The minimum atomic E-state index is -0.984. The molecule has 0 bridgehead atoms. The lowest BCUT2D eigenvalue weighted by molar-refractivity contribution is -0.138. The highest BCUT2D eigenvalue weighted by atomic mass is 16.5. The van der Waals surface area contributed by atoms with Crippen LogP contribution in [0.3, 0.4) is 0 Å². The number of carbonyl (C=O) groups is 1. The molecule has 0 aliphatic carbocycles. The second-order valence-electron chi connectivity index (χ2n) is 9.81. The number of aryl methyl sites for hydroxylation is 3. The molecule has 4 heterocycles. The molecule has 0 saturated carbocycles. The smallest absolute Gasteiger partial charge is 0.326 e. The van der Waals surface area contributed by atoms with E-state index in [1.165, 1.54) is 18.0 Å². The van der Waals surface area contributed by atoms with Crippen molar-refractivity contribution in [1.29, 1.82) is 5.26 Å². The van der Waals surface area contributed by atoms with Crippen LogP contribution in [0.1, 0.15) is 48.2 Å². The van der Waals surface area contributed by atoms with Crippen molar-refractivity contribution in [2.45, 2.75) is 51.5 Å². The van der Waals surface area contributed by atoms with Crippen LogP contribution in [0.2, 0.25) is 0 Å². The molecular formula is C29H36N8O3. The van der Waals surface area contributed by atoms with Gasteiger partial charge in [0.25, 0.3) is 0 Å². The molecule has 4 rings (SSSR count). The molecule has 1 atom stereocenters.